The van der Waals surface area contributed by atoms with E-state index in [0.29, 0.717) is 6.42 Å². The average molecular weight is 289 g/mol. The van der Waals surface area contributed by atoms with Crippen molar-refractivity contribution in [3.05, 3.63) is 35.4 Å². The smallest absolute Gasteiger partial charge is 0.326 e. The molecule has 2 rings (SSSR count). The molecule has 0 unspecified atom stereocenters. The predicted octanol–water partition coefficient (Wildman–Crippen LogP) is 2.69. The molecular weight excluding hydrogens is 266 g/mol. The third-order valence-electron chi connectivity index (χ3n) is 4.11. The molecule has 0 bridgehead atoms. The Morgan fingerprint density at radius 3 is 2.62 bits per heavy atom. The van der Waals surface area contributed by atoms with Gasteiger partial charge in [-0.1, -0.05) is 49.1 Å². The molecule has 0 aliphatic heterocycles. The predicted molar refractivity (Wildman–Crippen MR) is 81.0 cm³/mol. The van der Waals surface area contributed by atoms with Gasteiger partial charge < -0.3 is 10.4 Å². The van der Waals surface area contributed by atoms with E-state index in [9.17, 15) is 14.7 Å². The topological polar surface area (TPSA) is 66.4 Å². The van der Waals surface area contributed by atoms with Crippen LogP contribution in [0.15, 0.2) is 24.3 Å². The standard InChI is InChI=1S/C17H23NO3/c1-12-6-5-7-13(10-12)11-15(17(20)21)18-16(19)14-8-3-2-4-9-14/h5-7,10,14-15H,2-4,8-9,11H2,1H3,(H,18,19)(H,20,21)/t15-/m0/s1. The first-order chi connectivity index (χ1) is 10.1. The third kappa shape index (κ3) is 4.59. The van der Waals surface area contributed by atoms with Crippen molar-refractivity contribution in [2.24, 2.45) is 5.92 Å². The molecule has 1 aromatic rings. The highest BCUT2D eigenvalue weighted by Crippen LogP contribution is 2.23. The molecule has 114 valence electrons. The van der Waals surface area contributed by atoms with Crippen LogP contribution in [0.1, 0.15) is 43.2 Å². The van der Waals surface area contributed by atoms with E-state index in [4.69, 9.17) is 0 Å². The van der Waals surface area contributed by atoms with Crippen LogP contribution in [0.3, 0.4) is 0 Å². The van der Waals surface area contributed by atoms with E-state index in [2.05, 4.69) is 5.32 Å². The van der Waals surface area contributed by atoms with E-state index >= 15 is 0 Å². The lowest BCUT2D eigenvalue weighted by atomic mass is 9.88. The fourth-order valence-corrected chi connectivity index (χ4v) is 2.93. The summed E-state index contributed by atoms with van der Waals surface area (Å²) in [5.41, 5.74) is 2.03. The fourth-order valence-electron chi connectivity index (χ4n) is 2.93. The van der Waals surface area contributed by atoms with E-state index in [0.717, 1.165) is 36.8 Å². The van der Waals surface area contributed by atoms with Crippen molar-refractivity contribution in [2.45, 2.75) is 51.5 Å². The Morgan fingerprint density at radius 1 is 1.29 bits per heavy atom. The van der Waals surface area contributed by atoms with Gasteiger partial charge in [0.1, 0.15) is 6.04 Å². The third-order valence-corrected chi connectivity index (χ3v) is 4.11. The minimum atomic E-state index is -0.972. The summed E-state index contributed by atoms with van der Waals surface area (Å²) >= 11 is 0. The lowest BCUT2D eigenvalue weighted by Gasteiger charge is -2.23. The number of amides is 1. The van der Waals surface area contributed by atoms with Gasteiger partial charge in [0.25, 0.3) is 0 Å². The fraction of sp³-hybridized carbons (Fsp3) is 0.529. The first kappa shape index (κ1) is 15.5. The molecule has 0 saturated heterocycles. The summed E-state index contributed by atoms with van der Waals surface area (Å²) in [5, 5.41) is 12.1. The zero-order valence-electron chi connectivity index (χ0n) is 12.5. The normalized spacial score (nSPS) is 17.2. The number of aryl methyl sites for hydroxylation is 1. The Balaban J connectivity index is 1.98. The number of hydrogen-bond acceptors (Lipinski definition) is 2. The second kappa shape index (κ2) is 7.25. The number of carbonyl (C=O) groups is 2. The van der Waals surface area contributed by atoms with Crippen LogP contribution in [0.25, 0.3) is 0 Å². The largest absolute Gasteiger partial charge is 0.480 e. The van der Waals surface area contributed by atoms with Crippen LogP contribution >= 0.6 is 0 Å². The Morgan fingerprint density at radius 2 is 2.00 bits per heavy atom. The van der Waals surface area contributed by atoms with Gasteiger partial charge in [-0.15, -0.1) is 0 Å². The Kier molecular flexibility index (Phi) is 5.37. The second-order valence-corrected chi connectivity index (χ2v) is 5.93. The van der Waals surface area contributed by atoms with Gasteiger partial charge in [-0.2, -0.15) is 0 Å². The first-order valence-corrected chi connectivity index (χ1v) is 7.65. The summed E-state index contributed by atoms with van der Waals surface area (Å²) in [6.45, 7) is 1.97. The molecule has 2 N–H and O–H groups in total. The van der Waals surface area contributed by atoms with Crippen molar-refractivity contribution in [2.75, 3.05) is 0 Å². The highest BCUT2D eigenvalue weighted by Gasteiger charge is 2.26. The number of rotatable bonds is 5. The summed E-state index contributed by atoms with van der Waals surface area (Å²) in [7, 11) is 0. The maximum Gasteiger partial charge on any atom is 0.326 e. The van der Waals surface area contributed by atoms with E-state index < -0.39 is 12.0 Å². The molecule has 0 radical (unpaired) electrons. The Hall–Kier alpha value is -1.84. The zero-order chi connectivity index (χ0) is 15.2. The minimum Gasteiger partial charge on any atom is -0.480 e. The Labute approximate surface area is 125 Å². The number of aliphatic carboxylic acids is 1. The summed E-state index contributed by atoms with van der Waals surface area (Å²) in [6.07, 6.45) is 5.39. The molecule has 1 aliphatic rings. The van der Waals surface area contributed by atoms with Gasteiger partial charge in [-0.25, -0.2) is 4.79 Å². The average Bonchev–Trinajstić information content (AvgIpc) is 2.47. The van der Waals surface area contributed by atoms with Gasteiger partial charge in [-0.3, -0.25) is 4.79 Å². The number of hydrogen-bond donors (Lipinski definition) is 2. The second-order valence-electron chi connectivity index (χ2n) is 5.93. The van der Waals surface area contributed by atoms with Crippen LogP contribution < -0.4 is 5.32 Å². The maximum absolute atomic E-state index is 12.2. The molecule has 1 atom stereocenters. The summed E-state index contributed by atoms with van der Waals surface area (Å²) in [4.78, 5) is 23.6. The molecule has 1 fully saturated rings. The maximum atomic E-state index is 12.2. The molecule has 0 heterocycles. The molecule has 1 aliphatic carbocycles. The van der Waals surface area contributed by atoms with Gasteiger partial charge in [0, 0.05) is 12.3 Å². The number of nitrogens with one attached hydrogen (secondary N) is 1. The van der Waals surface area contributed by atoms with E-state index in [-0.39, 0.29) is 11.8 Å². The molecule has 4 nitrogen and oxygen atoms in total. The van der Waals surface area contributed by atoms with Crippen LogP contribution in [-0.2, 0) is 16.0 Å². The van der Waals surface area contributed by atoms with Gasteiger partial charge in [0.15, 0.2) is 0 Å². The monoisotopic (exact) mass is 289 g/mol. The number of carbonyl (C=O) groups excluding carboxylic acids is 1. The van der Waals surface area contributed by atoms with Crippen molar-refractivity contribution in [1.82, 2.24) is 5.32 Å². The number of carboxylic acids is 1. The van der Waals surface area contributed by atoms with Gasteiger partial charge in [0.2, 0.25) is 5.91 Å². The highest BCUT2D eigenvalue weighted by molar-refractivity contribution is 5.85. The molecule has 0 aromatic heterocycles. The van der Waals surface area contributed by atoms with Crippen molar-refractivity contribution in [1.29, 1.82) is 0 Å². The van der Waals surface area contributed by atoms with Crippen molar-refractivity contribution in [3.63, 3.8) is 0 Å². The first-order valence-electron chi connectivity index (χ1n) is 7.65. The molecule has 1 saturated carbocycles. The lowest BCUT2D eigenvalue weighted by Crippen LogP contribution is -2.45. The highest BCUT2D eigenvalue weighted by atomic mass is 16.4. The van der Waals surface area contributed by atoms with E-state index in [1.807, 2.05) is 31.2 Å². The van der Waals surface area contributed by atoms with E-state index in [1.165, 1.54) is 6.42 Å². The Bertz CT molecular complexity index is 507. The van der Waals surface area contributed by atoms with Crippen LogP contribution in [0, 0.1) is 12.8 Å². The summed E-state index contributed by atoms with van der Waals surface area (Å²) in [5.74, 6) is -1.09. The zero-order valence-corrected chi connectivity index (χ0v) is 12.5. The molecule has 21 heavy (non-hydrogen) atoms. The molecule has 1 aromatic carbocycles. The SMILES string of the molecule is Cc1cccc(C[C@H](NC(=O)C2CCCCC2)C(=O)O)c1. The van der Waals surface area contributed by atoms with Gasteiger partial charge >= 0.3 is 5.97 Å². The number of carboxylic acid groups (broad SMARTS) is 1. The summed E-state index contributed by atoms with van der Waals surface area (Å²) in [6, 6.07) is 6.89. The van der Waals surface area contributed by atoms with Crippen LogP contribution in [0.5, 0.6) is 0 Å². The van der Waals surface area contributed by atoms with Crippen LogP contribution in [-0.4, -0.2) is 23.0 Å². The minimum absolute atomic E-state index is 0.0156. The van der Waals surface area contributed by atoms with Crippen molar-refractivity contribution >= 4 is 11.9 Å². The van der Waals surface area contributed by atoms with Crippen LogP contribution in [0.4, 0.5) is 0 Å². The van der Waals surface area contributed by atoms with Crippen molar-refractivity contribution in [3.8, 4) is 0 Å². The van der Waals surface area contributed by atoms with Gasteiger partial charge in [0.05, 0.1) is 0 Å². The van der Waals surface area contributed by atoms with Crippen molar-refractivity contribution < 1.29 is 14.7 Å². The molecular formula is C17H23NO3. The lowest BCUT2D eigenvalue weighted by molar-refractivity contribution is -0.142. The molecule has 1 amide bonds. The van der Waals surface area contributed by atoms with Gasteiger partial charge in [-0.05, 0) is 25.3 Å². The van der Waals surface area contributed by atoms with E-state index in [1.54, 1.807) is 0 Å². The summed E-state index contributed by atoms with van der Waals surface area (Å²) < 4.78 is 0. The molecule has 0 spiro atoms. The van der Waals surface area contributed by atoms with Crippen LogP contribution in [0.2, 0.25) is 0 Å². The number of benzene rings is 1. The quantitative estimate of drug-likeness (QED) is 0.876. The molecule has 4 heteroatoms.